The molecule has 76 heavy (non-hydrogen) atoms. The average molecular weight is 1070 g/mol. The number of aliphatic hydroxyl groups excluding tert-OH is 2. The number of rotatable bonds is 64. The molecule has 0 fully saturated rings. The largest absolute Gasteiger partial charge is 0.466 e. The third kappa shape index (κ3) is 61.3. The second-order valence-corrected chi connectivity index (χ2v) is 23.5. The fourth-order valence-electron chi connectivity index (χ4n) is 10.7. The Bertz CT molecular complexity index is 1230. The van der Waals surface area contributed by atoms with Crippen molar-refractivity contribution in [1.82, 2.24) is 5.32 Å². The molecule has 0 bridgehead atoms. The fourth-order valence-corrected chi connectivity index (χ4v) is 10.7. The maximum atomic E-state index is 12.5. The van der Waals surface area contributed by atoms with Crippen LogP contribution in [0.5, 0.6) is 0 Å². The molecule has 1 amide bonds. The SMILES string of the molecule is CCCCCCCC/C=C\CCCCCCCCCC(=O)OCCCCCCCCCCC/C=C\C/C=C\CCCCCCCCCCCC(=O)NC(CO)C(O)CCCCCCCCCCCCCCCCCCC. The molecule has 6 heteroatoms. The number of ether oxygens (including phenoxy) is 1. The Balaban J connectivity index is 3.42. The molecule has 0 spiro atoms. The van der Waals surface area contributed by atoms with Crippen molar-refractivity contribution in [2.75, 3.05) is 13.2 Å². The molecule has 0 aromatic heterocycles. The van der Waals surface area contributed by atoms with Gasteiger partial charge in [0.1, 0.15) is 0 Å². The molecule has 0 aliphatic heterocycles. The van der Waals surface area contributed by atoms with E-state index in [1.807, 2.05) is 0 Å². The highest BCUT2D eigenvalue weighted by Gasteiger charge is 2.20. The third-order valence-corrected chi connectivity index (χ3v) is 15.9. The molecule has 3 N–H and O–H groups in total. The van der Waals surface area contributed by atoms with Crippen molar-refractivity contribution >= 4 is 11.9 Å². The normalized spacial score (nSPS) is 12.7. The van der Waals surface area contributed by atoms with E-state index < -0.39 is 12.1 Å². The lowest BCUT2D eigenvalue weighted by Crippen LogP contribution is -2.45. The van der Waals surface area contributed by atoms with E-state index >= 15 is 0 Å². The van der Waals surface area contributed by atoms with Crippen LogP contribution in [-0.4, -0.2) is 47.4 Å². The van der Waals surface area contributed by atoms with E-state index in [1.54, 1.807) is 0 Å². The minimum absolute atomic E-state index is 0.00612. The van der Waals surface area contributed by atoms with E-state index in [0.717, 1.165) is 51.4 Å². The lowest BCUT2D eigenvalue weighted by molar-refractivity contribution is -0.143. The van der Waals surface area contributed by atoms with E-state index in [2.05, 4.69) is 55.6 Å². The van der Waals surface area contributed by atoms with Gasteiger partial charge in [0.15, 0.2) is 0 Å². The number of carbonyl (C=O) groups is 2. The number of amides is 1. The first-order valence-electron chi connectivity index (χ1n) is 34.2. The van der Waals surface area contributed by atoms with Gasteiger partial charge in [-0.05, 0) is 83.5 Å². The lowest BCUT2D eigenvalue weighted by atomic mass is 10.0. The van der Waals surface area contributed by atoms with Crippen LogP contribution in [0.15, 0.2) is 36.5 Å². The highest BCUT2D eigenvalue weighted by Crippen LogP contribution is 2.18. The molecule has 0 saturated heterocycles. The van der Waals surface area contributed by atoms with Gasteiger partial charge in [0.25, 0.3) is 0 Å². The van der Waals surface area contributed by atoms with Gasteiger partial charge in [-0.25, -0.2) is 0 Å². The smallest absolute Gasteiger partial charge is 0.305 e. The minimum atomic E-state index is -0.669. The van der Waals surface area contributed by atoms with E-state index in [4.69, 9.17) is 4.74 Å². The summed E-state index contributed by atoms with van der Waals surface area (Å²) in [5, 5.41) is 23.3. The molecule has 0 aliphatic carbocycles. The van der Waals surface area contributed by atoms with Crippen LogP contribution in [0.25, 0.3) is 0 Å². The van der Waals surface area contributed by atoms with Crippen LogP contribution in [0, 0.1) is 0 Å². The van der Waals surface area contributed by atoms with Crippen LogP contribution in [0.4, 0.5) is 0 Å². The minimum Gasteiger partial charge on any atom is -0.466 e. The number of esters is 1. The predicted molar refractivity (Wildman–Crippen MR) is 333 cm³/mol. The zero-order valence-electron chi connectivity index (χ0n) is 51.3. The fraction of sp³-hybridized carbons (Fsp3) is 0.886. The topological polar surface area (TPSA) is 95.9 Å². The van der Waals surface area contributed by atoms with Gasteiger partial charge in [0.05, 0.1) is 25.4 Å². The third-order valence-electron chi connectivity index (χ3n) is 15.9. The average Bonchev–Trinajstić information content (AvgIpc) is 3.42. The first kappa shape index (κ1) is 74.1. The molecule has 0 aliphatic rings. The monoisotopic (exact) mass is 1070 g/mol. The van der Waals surface area contributed by atoms with Crippen molar-refractivity contribution in [2.45, 2.75) is 386 Å². The molecule has 0 aromatic rings. The van der Waals surface area contributed by atoms with Gasteiger partial charge >= 0.3 is 5.97 Å². The number of aliphatic hydroxyl groups is 2. The number of unbranched alkanes of at least 4 members (excludes halogenated alkanes) is 47. The standard InChI is InChI=1S/C70H133NO5/c1-3-5-7-9-11-13-15-17-19-30-34-38-42-46-50-54-58-62-68(73)67(66-72)71-69(74)63-59-55-51-47-43-39-35-32-28-26-24-22-21-23-25-27-29-33-37-41-45-49-53-57-61-65-76-70(75)64-60-56-52-48-44-40-36-31-20-18-16-14-12-10-8-6-4-2/h18,20,22-25,67-68,72-73H,3-17,19,21,26-66H2,1-2H3,(H,71,74)/b20-18-,24-22-,25-23-. The molecule has 0 radical (unpaired) electrons. The van der Waals surface area contributed by atoms with Gasteiger partial charge in [-0.2, -0.15) is 0 Å². The molecule has 0 heterocycles. The highest BCUT2D eigenvalue weighted by atomic mass is 16.5. The molecule has 2 atom stereocenters. The van der Waals surface area contributed by atoms with Gasteiger partial charge < -0.3 is 20.3 Å². The van der Waals surface area contributed by atoms with E-state index in [1.165, 1.54) is 289 Å². The Morgan fingerprint density at radius 2 is 0.658 bits per heavy atom. The van der Waals surface area contributed by atoms with Crippen LogP contribution in [0.2, 0.25) is 0 Å². The number of carbonyl (C=O) groups excluding carboxylic acids is 2. The highest BCUT2D eigenvalue weighted by molar-refractivity contribution is 5.76. The predicted octanol–water partition coefficient (Wildman–Crippen LogP) is 21.9. The molecule has 6 nitrogen and oxygen atoms in total. The first-order valence-corrected chi connectivity index (χ1v) is 34.2. The summed E-state index contributed by atoms with van der Waals surface area (Å²) in [6.07, 6.45) is 83.2. The molecule has 448 valence electrons. The van der Waals surface area contributed by atoms with Crippen molar-refractivity contribution in [3.05, 3.63) is 36.5 Å². The van der Waals surface area contributed by atoms with Crippen LogP contribution in [0.1, 0.15) is 373 Å². The Morgan fingerprint density at radius 3 is 1.01 bits per heavy atom. The number of hydrogen-bond acceptors (Lipinski definition) is 5. The Kier molecular flexibility index (Phi) is 63.9. The molecule has 0 saturated carbocycles. The quantitative estimate of drug-likeness (QED) is 0.0320. The zero-order chi connectivity index (χ0) is 55.0. The van der Waals surface area contributed by atoms with Crippen molar-refractivity contribution in [1.29, 1.82) is 0 Å². The van der Waals surface area contributed by atoms with Crippen molar-refractivity contribution in [2.24, 2.45) is 0 Å². The van der Waals surface area contributed by atoms with Crippen molar-refractivity contribution < 1.29 is 24.5 Å². The van der Waals surface area contributed by atoms with Gasteiger partial charge in [-0.1, -0.05) is 314 Å². The summed E-state index contributed by atoms with van der Waals surface area (Å²) in [7, 11) is 0. The Labute approximate surface area is 474 Å². The molecular weight excluding hydrogens is 935 g/mol. The molecular formula is C70H133NO5. The summed E-state index contributed by atoms with van der Waals surface area (Å²) < 4.78 is 5.49. The molecule has 0 rings (SSSR count). The summed E-state index contributed by atoms with van der Waals surface area (Å²) in [6.45, 7) is 4.97. The maximum Gasteiger partial charge on any atom is 0.305 e. The van der Waals surface area contributed by atoms with E-state index in [0.29, 0.717) is 25.9 Å². The Morgan fingerprint density at radius 1 is 0.368 bits per heavy atom. The van der Waals surface area contributed by atoms with Crippen LogP contribution >= 0.6 is 0 Å². The van der Waals surface area contributed by atoms with E-state index in [-0.39, 0.29) is 18.5 Å². The molecule has 0 aromatic carbocycles. The summed E-state index contributed by atoms with van der Waals surface area (Å²) >= 11 is 0. The van der Waals surface area contributed by atoms with Gasteiger partial charge in [0, 0.05) is 12.8 Å². The summed E-state index contributed by atoms with van der Waals surface area (Å²) in [5.74, 6) is -0.0324. The number of nitrogens with one attached hydrogen (secondary N) is 1. The lowest BCUT2D eigenvalue weighted by Gasteiger charge is -2.22. The molecule has 2 unspecified atom stereocenters. The summed E-state index contributed by atoms with van der Waals surface area (Å²) in [5.41, 5.74) is 0. The van der Waals surface area contributed by atoms with Gasteiger partial charge in [-0.15, -0.1) is 0 Å². The van der Waals surface area contributed by atoms with Crippen LogP contribution < -0.4 is 5.32 Å². The second-order valence-electron chi connectivity index (χ2n) is 23.5. The van der Waals surface area contributed by atoms with Crippen LogP contribution in [0.3, 0.4) is 0 Å². The number of hydrogen-bond donors (Lipinski definition) is 3. The van der Waals surface area contributed by atoms with Crippen LogP contribution in [-0.2, 0) is 14.3 Å². The summed E-state index contributed by atoms with van der Waals surface area (Å²) in [6, 6.07) is -0.547. The van der Waals surface area contributed by atoms with Crippen molar-refractivity contribution in [3.63, 3.8) is 0 Å². The maximum absolute atomic E-state index is 12.5. The van der Waals surface area contributed by atoms with E-state index in [9.17, 15) is 19.8 Å². The second kappa shape index (κ2) is 65.6. The van der Waals surface area contributed by atoms with Gasteiger partial charge in [-0.3, -0.25) is 9.59 Å². The summed E-state index contributed by atoms with van der Waals surface area (Å²) in [4.78, 5) is 24.6. The number of allylic oxidation sites excluding steroid dienone is 6. The van der Waals surface area contributed by atoms with Gasteiger partial charge in [0.2, 0.25) is 5.91 Å². The first-order chi connectivity index (χ1) is 37.5. The van der Waals surface area contributed by atoms with Crippen molar-refractivity contribution in [3.8, 4) is 0 Å². The zero-order valence-corrected chi connectivity index (χ0v) is 51.3. The Hall–Kier alpha value is -1.92.